The predicted molar refractivity (Wildman–Crippen MR) is 157 cm³/mol. The van der Waals surface area contributed by atoms with Crippen LogP contribution in [0.2, 0.25) is 0 Å². The molecule has 0 radical (unpaired) electrons. The summed E-state index contributed by atoms with van der Waals surface area (Å²) in [4.78, 5) is 36.7. The van der Waals surface area contributed by atoms with Gasteiger partial charge in [0, 0.05) is 15.8 Å². The van der Waals surface area contributed by atoms with E-state index >= 15 is 0 Å². The Morgan fingerprint density at radius 2 is 1.62 bits per heavy atom. The first-order valence-corrected chi connectivity index (χ1v) is 12.8. The minimum absolute atomic E-state index is 0.228. The van der Waals surface area contributed by atoms with E-state index in [4.69, 9.17) is 14.2 Å². The maximum absolute atomic E-state index is 12.5. The minimum atomic E-state index is -0.947. The summed E-state index contributed by atoms with van der Waals surface area (Å²) in [6.45, 7) is 7.53. The molecule has 0 heterocycles. The fraction of sp³-hybridized carbons (Fsp3) is 0.172. The summed E-state index contributed by atoms with van der Waals surface area (Å²) in [7, 11) is 1.46. The van der Waals surface area contributed by atoms with Crippen molar-refractivity contribution in [3.63, 3.8) is 0 Å². The van der Waals surface area contributed by atoms with Crippen LogP contribution in [0, 0.1) is 13.8 Å². The molecule has 11 heteroatoms. The monoisotopic (exact) mass is 608 g/mol. The van der Waals surface area contributed by atoms with Crippen LogP contribution < -0.4 is 30.3 Å². The van der Waals surface area contributed by atoms with Crippen molar-refractivity contribution in [3.8, 4) is 17.2 Å². The molecule has 0 bridgehead atoms. The van der Waals surface area contributed by atoms with Crippen molar-refractivity contribution in [1.82, 2.24) is 5.43 Å². The van der Waals surface area contributed by atoms with Gasteiger partial charge in [0.25, 0.3) is 5.91 Å². The molecule has 3 amide bonds. The molecule has 10 nitrogen and oxygen atoms in total. The summed E-state index contributed by atoms with van der Waals surface area (Å²) < 4.78 is 17.3. The molecule has 0 spiro atoms. The SMILES string of the molecule is C=CCOc1ccc(NC(=O)C(=O)N/N=C\c2ccc(OCC(=O)Nc3c(C)cc(Br)cc3C)c(OC)c2)cc1. The van der Waals surface area contributed by atoms with Crippen LogP contribution >= 0.6 is 15.9 Å². The Morgan fingerprint density at radius 1 is 0.925 bits per heavy atom. The Kier molecular flexibility index (Phi) is 10.8. The number of nitrogens with one attached hydrogen (secondary N) is 3. The largest absolute Gasteiger partial charge is 0.493 e. The summed E-state index contributed by atoms with van der Waals surface area (Å²) >= 11 is 3.44. The molecule has 3 N–H and O–H groups in total. The lowest BCUT2D eigenvalue weighted by Gasteiger charge is -2.14. The molecule has 0 aliphatic heterocycles. The maximum atomic E-state index is 12.5. The van der Waals surface area contributed by atoms with Crippen LogP contribution in [-0.2, 0) is 14.4 Å². The van der Waals surface area contributed by atoms with Gasteiger partial charge in [0.1, 0.15) is 12.4 Å². The van der Waals surface area contributed by atoms with Crippen LogP contribution in [0.5, 0.6) is 17.2 Å². The van der Waals surface area contributed by atoms with Crippen molar-refractivity contribution in [2.75, 3.05) is 31.0 Å². The molecular weight excluding hydrogens is 580 g/mol. The molecule has 0 saturated carbocycles. The molecule has 3 rings (SSSR count). The smallest absolute Gasteiger partial charge is 0.329 e. The van der Waals surface area contributed by atoms with E-state index in [0.717, 1.165) is 21.3 Å². The second-order valence-corrected chi connectivity index (χ2v) is 9.35. The number of ether oxygens (including phenoxy) is 3. The van der Waals surface area contributed by atoms with Gasteiger partial charge in [-0.1, -0.05) is 28.6 Å². The highest BCUT2D eigenvalue weighted by atomic mass is 79.9. The number of rotatable bonds is 11. The number of aryl methyl sites for hydroxylation is 2. The maximum Gasteiger partial charge on any atom is 0.329 e. The van der Waals surface area contributed by atoms with E-state index in [0.29, 0.717) is 35.1 Å². The van der Waals surface area contributed by atoms with Crippen LogP contribution in [0.15, 0.2) is 76.8 Å². The van der Waals surface area contributed by atoms with E-state index in [1.807, 2.05) is 26.0 Å². The van der Waals surface area contributed by atoms with Gasteiger partial charge in [-0.2, -0.15) is 5.10 Å². The summed E-state index contributed by atoms with van der Waals surface area (Å²) in [5, 5.41) is 9.17. The van der Waals surface area contributed by atoms with Crippen LogP contribution in [0.25, 0.3) is 0 Å². The molecular formula is C29H29BrN4O6. The van der Waals surface area contributed by atoms with Crippen molar-refractivity contribution in [3.05, 3.63) is 88.4 Å². The molecule has 0 unspecified atom stereocenters. The van der Waals surface area contributed by atoms with E-state index in [2.05, 4.69) is 43.7 Å². The van der Waals surface area contributed by atoms with Crippen LogP contribution in [-0.4, -0.2) is 44.3 Å². The number of hydrogen-bond donors (Lipinski definition) is 3. The molecule has 3 aromatic rings. The lowest BCUT2D eigenvalue weighted by molar-refractivity contribution is -0.136. The highest BCUT2D eigenvalue weighted by Crippen LogP contribution is 2.28. The molecule has 0 aromatic heterocycles. The van der Waals surface area contributed by atoms with Gasteiger partial charge in [-0.05, 0) is 85.1 Å². The van der Waals surface area contributed by atoms with Crippen molar-refractivity contribution in [2.45, 2.75) is 13.8 Å². The van der Waals surface area contributed by atoms with Gasteiger partial charge >= 0.3 is 11.8 Å². The Labute approximate surface area is 240 Å². The molecule has 40 heavy (non-hydrogen) atoms. The number of carbonyl (C=O) groups is 3. The summed E-state index contributed by atoms with van der Waals surface area (Å²) in [5.41, 5.74) is 5.74. The number of hydrazone groups is 1. The first-order chi connectivity index (χ1) is 19.2. The highest BCUT2D eigenvalue weighted by Gasteiger charge is 2.14. The highest BCUT2D eigenvalue weighted by molar-refractivity contribution is 9.10. The van der Waals surface area contributed by atoms with Crippen LogP contribution in [0.3, 0.4) is 0 Å². The Balaban J connectivity index is 1.52. The number of hydrogen-bond acceptors (Lipinski definition) is 7. The summed E-state index contributed by atoms with van der Waals surface area (Å²) in [6.07, 6.45) is 2.96. The lowest BCUT2D eigenvalue weighted by atomic mass is 10.1. The van der Waals surface area contributed by atoms with Gasteiger partial charge in [-0.15, -0.1) is 0 Å². The first kappa shape index (κ1) is 29.9. The molecule has 3 aromatic carbocycles. The van der Waals surface area contributed by atoms with Crippen LogP contribution in [0.1, 0.15) is 16.7 Å². The molecule has 0 atom stereocenters. The van der Waals surface area contributed by atoms with Gasteiger partial charge in [-0.25, -0.2) is 5.43 Å². The normalized spacial score (nSPS) is 10.5. The second kappa shape index (κ2) is 14.5. The molecule has 208 valence electrons. The van der Waals surface area contributed by atoms with Gasteiger partial charge in [0.2, 0.25) is 0 Å². The van der Waals surface area contributed by atoms with Gasteiger partial charge in [0.05, 0.1) is 13.3 Å². The zero-order chi connectivity index (χ0) is 29.1. The average Bonchev–Trinajstić information content (AvgIpc) is 2.93. The number of benzene rings is 3. The van der Waals surface area contributed by atoms with Crippen molar-refractivity contribution in [1.29, 1.82) is 0 Å². The number of nitrogens with zero attached hydrogens (tertiary/aromatic N) is 1. The quantitative estimate of drug-likeness (QED) is 0.125. The van der Waals surface area contributed by atoms with Crippen molar-refractivity contribution < 1.29 is 28.6 Å². The molecule has 0 aliphatic rings. The van der Waals surface area contributed by atoms with E-state index in [9.17, 15) is 14.4 Å². The predicted octanol–water partition coefficient (Wildman–Crippen LogP) is 4.75. The Bertz CT molecular complexity index is 1400. The molecule has 0 fully saturated rings. The minimum Gasteiger partial charge on any atom is -0.493 e. The van der Waals surface area contributed by atoms with Crippen molar-refractivity contribution in [2.24, 2.45) is 5.10 Å². The Hall–Kier alpha value is -4.64. The Morgan fingerprint density at radius 3 is 2.27 bits per heavy atom. The molecule has 0 aliphatic carbocycles. The summed E-state index contributed by atoms with van der Waals surface area (Å²) in [5.74, 6) is -0.838. The standard InChI is InChI=1S/C29H29BrN4O6/c1-5-12-39-23-9-7-22(8-10-23)32-28(36)29(37)34-31-16-20-6-11-24(25(15-20)38-4)40-17-26(35)33-27-18(2)13-21(30)14-19(27)3/h5-11,13-16H,1,12,17H2,2-4H3,(H,32,36)(H,33,35)(H,34,37)/b31-16-. The van der Waals surface area contributed by atoms with Crippen molar-refractivity contribution >= 4 is 51.2 Å². The number of carbonyl (C=O) groups excluding carboxylic acids is 3. The average molecular weight is 609 g/mol. The fourth-order valence-corrected chi connectivity index (χ4v) is 4.19. The van der Waals surface area contributed by atoms with Crippen LogP contribution in [0.4, 0.5) is 11.4 Å². The molecule has 0 saturated heterocycles. The zero-order valence-corrected chi connectivity index (χ0v) is 23.8. The van der Waals surface area contributed by atoms with E-state index in [-0.39, 0.29) is 12.5 Å². The van der Waals surface area contributed by atoms with E-state index in [1.165, 1.54) is 13.3 Å². The van der Waals surface area contributed by atoms with Gasteiger partial charge in [0.15, 0.2) is 18.1 Å². The fourth-order valence-electron chi connectivity index (χ4n) is 3.50. The number of halogens is 1. The third-order valence-corrected chi connectivity index (χ3v) is 5.83. The topological polar surface area (TPSA) is 127 Å². The van der Waals surface area contributed by atoms with E-state index < -0.39 is 11.8 Å². The third kappa shape index (κ3) is 8.70. The number of methoxy groups -OCH3 is 1. The number of anilines is 2. The third-order valence-electron chi connectivity index (χ3n) is 5.37. The summed E-state index contributed by atoms with van der Waals surface area (Å²) in [6, 6.07) is 15.3. The van der Waals surface area contributed by atoms with Gasteiger partial charge in [-0.3, -0.25) is 14.4 Å². The second-order valence-electron chi connectivity index (χ2n) is 8.44. The lowest BCUT2D eigenvalue weighted by Crippen LogP contribution is -2.32. The first-order valence-electron chi connectivity index (χ1n) is 12.1. The number of amides is 3. The van der Waals surface area contributed by atoms with Gasteiger partial charge < -0.3 is 24.8 Å². The zero-order valence-electron chi connectivity index (χ0n) is 22.2. The van der Waals surface area contributed by atoms with E-state index in [1.54, 1.807) is 48.5 Å².